The van der Waals surface area contributed by atoms with Gasteiger partial charge in [0.15, 0.2) is 0 Å². The van der Waals surface area contributed by atoms with E-state index >= 15 is 0 Å². The number of nitrogens with one attached hydrogen (secondary N) is 1. The maximum Gasteiger partial charge on any atom is 0.433 e. The van der Waals surface area contributed by atoms with Gasteiger partial charge in [-0.15, -0.1) is 0 Å². The summed E-state index contributed by atoms with van der Waals surface area (Å²) in [6.45, 7) is 22.6. The Morgan fingerprint density at radius 2 is 1.14 bits per heavy atom. The van der Waals surface area contributed by atoms with Crippen LogP contribution in [-0.2, 0) is 42.3 Å². The van der Waals surface area contributed by atoms with Crippen molar-refractivity contribution in [3.63, 3.8) is 0 Å². The van der Waals surface area contributed by atoms with Gasteiger partial charge in [0, 0.05) is 35.1 Å². The molecule has 2 aliphatic rings. The molecule has 14 nitrogen and oxygen atoms in total. The predicted octanol–water partition coefficient (Wildman–Crippen LogP) is 11.8. The van der Waals surface area contributed by atoms with E-state index in [-0.39, 0.29) is 40.4 Å². The zero-order chi connectivity index (χ0) is 58.0. The third-order valence-electron chi connectivity index (χ3n) is 12.8. The lowest BCUT2D eigenvalue weighted by Gasteiger charge is -2.40. The Kier molecular flexibility index (Phi) is 21.6. The van der Waals surface area contributed by atoms with Crippen molar-refractivity contribution in [2.75, 3.05) is 32.7 Å². The molecule has 0 saturated carbocycles. The Morgan fingerprint density at radius 3 is 1.62 bits per heavy atom. The number of hydrogen-bond donors (Lipinski definition) is 3. The minimum absolute atomic E-state index is 0.131. The number of nitrogens with zero attached hydrogens (tertiary/aromatic N) is 4. The molecule has 0 aliphatic carbocycles. The molecule has 4 aromatic rings. The van der Waals surface area contributed by atoms with Gasteiger partial charge in [-0.2, -0.15) is 39.5 Å². The van der Waals surface area contributed by atoms with Gasteiger partial charge in [-0.05, 0) is 138 Å². The number of aliphatic hydroxyl groups is 1. The highest BCUT2D eigenvalue weighted by Crippen LogP contribution is 2.43. The number of aliphatic carboxylic acids is 1. The Morgan fingerprint density at radius 1 is 0.649 bits per heavy atom. The maximum atomic E-state index is 13.8. The van der Waals surface area contributed by atoms with Crippen molar-refractivity contribution in [3.05, 3.63) is 82.2 Å². The van der Waals surface area contributed by atoms with Gasteiger partial charge in [-0.1, -0.05) is 24.3 Å². The number of quaternary nitrogens is 1. The summed E-state index contributed by atoms with van der Waals surface area (Å²) in [5.41, 5.74) is -6.43. The zero-order valence-electron chi connectivity index (χ0n) is 45.1. The van der Waals surface area contributed by atoms with E-state index in [1.807, 2.05) is 0 Å². The summed E-state index contributed by atoms with van der Waals surface area (Å²) in [7, 11) is 0. The molecular formula is C54H71F9N5O9+. The highest BCUT2D eigenvalue weighted by atomic mass is 19.4. The number of hydrogen-bond acceptors (Lipinski definition) is 10. The normalized spacial score (nSPS) is 17.4. The van der Waals surface area contributed by atoms with Gasteiger partial charge in [-0.3, -0.25) is 14.6 Å². The number of fused-ring (bicyclic) bond motifs is 2. The molecule has 0 spiro atoms. The molecule has 2 aliphatic heterocycles. The summed E-state index contributed by atoms with van der Waals surface area (Å²) in [5.74, 6) is -2.03. The highest BCUT2D eigenvalue weighted by Gasteiger charge is 2.43. The van der Waals surface area contributed by atoms with Crippen LogP contribution in [0, 0.1) is 6.92 Å². The monoisotopic (exact) mass is 1100 g/mol. The van der Waals surface area contributed by atoms with E-state index < -0.39 is 113 Å². The summed E-state index contributed by atoms with van der Waals surface area (Å²) in [4.78, 5) is 61.1. The third kappa shape index (κ3) is 17.8. The molecule has 4 unspecified atom stereocenters. The predicted molar refractivity (Wildman–Crippen MR) is 268 cm³/mol. The number of piperidine rings is 2. The average molecular weight is 1110 g/mol. The van der Waals surface area contributed by atoms with Crippen LogP contribution in [0.4, 0.5) is 49.1 Å². The van der Waals surface area contributed by atoms with Gasteiger partial charge in [0.1, 0.15) is 29.1 Å². The smallest absolute Gasteiger partial charge is 0.433 e. The highest BCUT2D eigenvalue weighted by molar-refractivity contribution is 5.88. The van der Waals surface area contributed by atoms with Gasteiger partial charge in [0.25, 0.3) is 0 Å². The fourth-order valence-corrected chi connectivity index (χ4v) is 9.08. The first-order valence-corrected chi connectivity index (χ1v) is 25.6. The van der Waals surface area contributed by atoms with Crippen molar-refractivity contribution < 1.29 is 88.0 Å². The second kappa shape index (κ2) is 26.1. The molecule has 2 amide bonds. The van der Waals surface area contributed by atoms with Gasteiger partial charge < -0.3 is 39.1 Å². The fraction of sp³-hybridized carbons (Fsp3) is 0.593. The van der Waals surface area contributed by atoms with Crippen molar-refractivity contribution in [2.45, 2.75) is 175 Å². The standard InChI is InChI=1S/C26H31F3N2O6.C22H24F6N2O3.C6H15N/c1-15-8-9-16-17(10-11-18(22(16)30-15)26(27,28)29)23(36-21(34)13-12-20(32)33)19-7-5-6-14-31(19)24(35)37-25(2,3)4;1-20(2,3)33-19(32)30-10-5-4-9-15(30)18(31)13-11-16(22(26,27)28)29-17-12(13)7-6-8-14(17)21(23,24)25;1-4-7(5-2)6-3/h8-11,19,23H,5-7,12-14H2,1-4H3,(H,32,33);6-8,11,15,18,31H,4-5,9-10H2,1-3H3;4-6H2,1-3H3/p+1. The maximum absolute atomic E-state index is 13.8. The molecule has 0 radical (unpaired) electrons. The van der Waals surface area contributed by atoms with E-state index in [9.17, 15) is 63.8 Å². The van der Waals surface area contributed by atoms with Crippen LogP contribution in [0.15, 0.2) is 48.5 Å². The molecule has 2 saturated heterocycles. The lowest BCUT2D eigenvalue weighted by molar-refractivity contribution is -0.894. The summed E-state index contributed by atoms with van der Waals surface area (Å²) >= 11 is 0. The number of carboxylic acids is 1. The first kappa shape index (κ1) is 63.6. The van der Waals surface area contributed by atoms with Crippen molar-refractivity contribution >= 4 is 45.9 Å². The van der Waals surface area contributed by atoms with E-state index in [0.717, 1.165) is 12.1 Å². The Labute approximate surface area is 442 Å². The molecule has 3 N–H and O–H groups in total. The topological polar surface area (TPSA) is 173 Å². The molecule has 2 aromatic carbocycles. The molecule has 6 rings (SSSR count). The van der Waals surface area contributed by atoms with Crippen LogP contribution in [0.25, 0.3) is 21.8 Å². The Balaban J connectivity index is 0.000000297. The molecule has 77 heavy (non-hydrogen) atoms. The number of esters is 1. The number of ether oxygens (including phenoxy) is 3. The molecule has 4 atom stereocenters. The summed E-state index contributed by atoms with van der Waals surface area (Å²) < 4.78 is 139. The summed E-state index contributed by atoms with van der Waals surface area (Å²) in [5, 5.41) is 20.0. The number of carbonyl (C=O) groups excluding carboxylic acids is 3. The number of rotatable bonds is 11. The number of amides is 2. The van der Waals surface area contributed by atoms with Crippen molar-refractivity contribution in [2.24, 2.45) is 0 Å². The van der Waals surface area contributed by atoms with Crippen molar-refractivity contribution in [1.29, 1.82) is 0 Å². The number of para-hydroxylation sites is 1. The van der Waals surface area contributed by atoms with E-state index in [0.29, 0.717) is 56.5 Å². The lowest BCUT2D eigenvalue weighted by Crippen LogP contribution is -3.11. The van der Waals surface area contributed by atoms with Crippen molar-refractivity contribution in [3.8, 4) is 0 Å². The molecular weight excluding hydrogens is 1030 g/mol. The zero-order valence-corrected chi connectivity index (χ0v) is 45.1. The van der Waals surface area contributed by atoms with E-state index in [2.05, 4.69) is 30.7 Å². The number of aromatic nitrogens is 2. The first-order valence-electron chi connectivity index (χ1n) is 25.6. The fourth-order valence-electron chi connectivity index (χ4n) is 9.08. The minimum atomic E-state index is -5.04. The van der Waals surface area contributed by atoms with Crippen LogP contribution < -0.4 is 4.90 Å². The first-order chi connectivity index (χ1) is 35.6. The third-order valence-corrected chi connectivity index (χ3v) is 12.8. The lowest BCUT2D eigenvalue weighted by atomic mass is 9.90. The van der Waals surface area contributed by atoms with Crippen LogP contribution in [0.1, 0.15) is 160 Å². The summed E-state index contributed by atoms with van der Waals surface area (Å²) in [6.07, 6.45) is -16.6. The van der Waals surface area contributed by atoms with E-state index in [1.54, 1.807) is 59.4 Å². The second-order valence-corrected chi connectivity index (χ2v) is 20.9. The Hall–Kier alpha value is -5.97. The molecule has 0 bridgehead atoms. The number of aliphatic hydroxyl groups excluding tert-OH is 1. The number of carbonyl (C=O) groups is 4. The number of pyridine rings is 2. The van der Waals surface area contributed by atoms with E-state index in [1.165, 1.54) is 47.6 Å². The van der Waals surface area contributed by atoms with Gasteiger partial charge in [0.2, 0.25) is 0 Å². The van der Waals surface area contributed by atoms with Gasteiger partial charge >= 0.3 is 42.7 Å². The number of benzene rings is 2. The average Bonchev–Trinajstić information content (AvgIpc) is 3.33. The quantitative estimate of drug-likeness (QED) is 0.0741. The second-order valence-electron chi connectivity index (χ2n) is 20.9. The van der Waals surface area contributed by atoms with E-state index in [4.69, 9.17) is 19.3 Å². The SMILES string of the molecule is CC(C)(C)OC(=O)N1CCCCC1C(O)c1cc(C(F)(F)F)nc2c(C(F)(F)F)cccc12.CC[NH+](CC)CC.Cc1ccc2c(C(OC(=O)CCC(=O)O)C3CCCCN3C(=O)OC(C)(C)C)ccc(C(F)(F)F)c2n1. The largest absolute Gasteiger partial charge is 0.481 e. The number of carboxylic acid groups (broad SMARTS) is 1. The minimum Gasteiger partial charge on any atom is -0.481 e. The molecule has 2 aromatic heterocycles. The number of aryl methyl sites for hydroxylation is 1. The van der Waals surface area contributed by atoms with Crippen LogP contribution in [0.3, 0.4) is 0 Å². The van der Waals surface area contributed by atoms with Crippen LogP contribution in [0.2, 0.25) is 0 Å². The number of halogens is 9. The number of alkyl halides is 9. The Bertz CT molecular complexity index is 2660. The molecule has 428 valence electrons. The summed E-state index contributed by atoms with van der Waals surface area (Å²) in [6, 6.07) is 6.87. The van der Waals surface area contributed by atoms with Gasteiger partial charge in [0.05, 0.1) is 66.7 Å². The van der Waals surface area contributed by atoms with Gasteiger partial charge in [-0.25, -0.2) is 14.6 Å². The van der Waals surface area contributed by atoms with Crippen LogP contribution >= 0.6 is 0 Å². The molecule has 23 heteroatoms. The van der Waals surface area contributed by atoms with Crippen LogP contribution in [0.5, 0.6) is 0 Å². The molecule has 2 fully saturated rings. The molecule has 4 heterocycles. The van der Waals surface area contributed by atoms with Crippen LogP contribution in [-0.4, -0.2) is 110 Å². The number of likely N-dealkylation sites (tertiary alicyclic amines) is 2. The van der Waals surface area contributed by atoms with Crippen molar-refractivity contribution in [1.82, 2.24) is 19.8 Å².